The van der Waals surface area contributed by atoms with Crippen molar-refractivity contribution in [2.75, 3.05) is 6.61 Å². The number of hydrogen-bond acceptors (Lipinski definition) is 3. The van der Waals surface area contributed by atoms with Crippen LogP contribution in [0, 0.1) is 0 Å². The zero-order valence-electron chi connectivity index (χ0n) is 7.42. The Bertz CT molecular complexity index is 115. The molecule has 0 radical (unpaired) electrons. The number of thioether (sulfide) groups is 1. The van der Waals surface area contributed by atoms with Gasteiger partial charge in [-0.2, -0.15) is 0 Å². The summed E-state index contributed by atoms with van der Waals surface area (Å²) in [6, 6.07) is 0. The molecule has 0 saturated carbocycles. The minimum Gasteiger partial charge on any atom is -0.458 e. The van der Waals surface area contributed by atoms with E-state index in [9.17, 15) is 4.79 Å². The summed E-state index contributed by atoms with van der Waals surface area (Å²) in [4.78, 5) is 10.9. The highest BCUT2D eigenvalue weighted by atomic mass is 32.2. The molecule has 0 spiro atoms. The molecule has 11 heavy (non-hydrogen) atoms. The van der Waals surface area contributed by atoms with Crippen LogP contribution in [0.15, 0.2) is 0 Å². The van der Waals surface area contributed by atoms with Crippen LogP contribution in [0.1, 0.15) is 33.6 Å². The van der Waals surface area contributed by atoms with Crippen molar-refractivity contribution < 1.29 is 9.53 Å². The molecule has 0 N–H and O–H groups in total. The second kappa shape index (κ2) is 6.53. The maximum absolute atomic E-state index is 10.9. The summed E-state index contributed by atoms with van der Waals surface area (Å²) in [6.45, 7) is 6.46. The van der Waals surface area contributed by atoms with E-state index in [0.717, 1.165) is 12.8 Å². The molecule has 0 bridgehead atoms. The van der Waals surface area contributed by atoms with Gasteiger partial charge >= 0.3 is 5.30 Å². The molecule has 66 valence electrons. The highest BCUT2D eigenvalue weighted by molar-refractivity contribution is 8.13. The van der Waals surface area contributed by atoms with E-state index in [2.05, 4.69) is 6.92 Å². The fourth-order valence-electron chi connectivity index (χ4n) is 0.782. The van der Waals surface area contributed by atoms with Crippen molar-refractivity contribution in [3.8, 4) is 0 Å². The Hall–Kier alpha value is -0.180. The fourth-order valence-corrected chi connectivity index (χ4v) is 1.65. The Balaban J connectivity index is 3.40. The summed E-state index contributed by atoms with van der Waals surface area (Å²) in [5.74, 6) is 0. The van der Waals surface area contributed by atoms with Crippen LogP contribution < -0.4 is 0 Å². The minimum atomic E-state index is -0.145. The highest BCUT2D eigenvalue weighted by Crippen LogP contribution is 2.17. The molecule has 0 aromatic heterocycles. The number of ether oxygens (including phenoxy) is 1. The van der Waals surface area contributed by atoms with Crippen molar-refractivity contribution in [1.29, 1.82) is 0 Å². The van der Waals surface area contributed by atoms with E-state index >= 15 is 0 Å². The Morgan fingerprint density at radius 3 is 2.64 bits per heavy atom. The number of carbonyl (C=O) groups is 1. The van der Waals surface area contributed by atoms with E-state index in [0.29, 0.717) is 11.9 Å². The van der Waals surface area contributed by atoms with Crippen LogP contribution in [-0.2, 0) is 4.74 Å². The third-order valence-corrected chi connectivity index (χ3v) is 2.20. The van der Waals surface area contributed by atoms with Crippen LogP contribution in [0.2, 0.25) is 0 Å². The van der Waals surface area contributed by atoms with Gasteiger partial charge in [-0.25, -0.2) is 4.79 Å². The fraction of sp³-hybridized carbons (Fsp3) is 0.875. The van der Waals surface area contributed by atoms with Crippen molar-refractivity contribution in [3.63, 3.8) is 0 Å². The molecule has 0 aromatic carbocycles. The van der Waals surface area contributed by atoms with Gasteiger partial charge in [0.15, 0.2) is 0 Å². The Kier molecular flexibility index (Phi) is 6.42. The van der Waals surface area contributed by atoms with Gasteiger partial charge in [-0.05, 0) is 25.1 Å². The van der Waals surface area contributed by atoms with Gasteiger partial charge in [0.1, 0.15) is 0 Å². The predicted octanol–water partition coefficient (Wildman–Crippen LogP) is 3.06. The first-order chi connectivity index (χ1) is 5.20. The van der Waals surface area contributed by atoms with Gasteiger partial charge in [0.05, 0.1) is 6.61 Å². The summed E-state index contributed by atoms with van der Waals surface area (Å²) in [6.07, 6.45) is 2.19. The SMILES string of the molecule is CCCC(C)SC(=O)OCC. The van der Waals surface area contributed by atoms with Crippen LogP contribution in [0.3, 0.4) is 0 Å². The van der Waals surface area contributed by atoms with Crippen LogP contribution in [0.25, 0.3) is 0 Å². The molecule has 3 heteroatoms. The van der Waals surface area contributed by atoms with Gasteiger partial charge < -0.3 is 4.74 Å². The van der Waals surface area contributed by atoms with E-state index in [1.54, 1.807) is 0 Å². The quantitative estimate of drug-likeness (QED) is 0.616. The molecule has 0 aliphatic heterocycles. The van der Waals surface area contributed by atoms with Gasteiger partial charge in [0, 0.05) is 5.25 Å². The first-order valence-corrected chi connectivity index (χ1v) is 4.92. The Morgan fingerprint density at radius 1 is 1.55 bits per heavy atom. The lowest BCUT2D eigenvalue weighted by Gasteiger charge is -2.07. The molecule has 0 amide bonds. The van der Waals surface area contributed by atoms with Crippen LogP contribution >= 0.6 is 11.8 Å². The molecule has 0 aliphatic carbocycles. The molecule has 0 rings (SSSR count). The molecule has 0 heterocycles. The van der Waals surface area contributed by atoms with E-state index in [4.69, 9.17) is 4.74 Å². The van der Waals surface area contributed by atoms with Crippen molar-refractivity contribution >= 4 is 17.1 Å². The number of hydrogen-bond donors (Lipinski definition) is 0. The average molecular weight is 176 g/mol. The van der Waals surface area contributed by atoms with Gasteiger partial charge in [-0.1, -0.05) is 20.3 Å². The summed E-state index contributed by atoms with van der Waals surface area (Å²) in [7, 11) is 0. The van der Waals surface area contributed by atoms with E-state index < -0.39 is 0 Å². The first kappa shape index (κ1) is 10.8. The van der Waals surface area contributed by atoms with E-state index in [-0.39, 0.29) is 5.30 Å². The predicted molar refractivity (Wildman–Crippen MR) is 49.0 cm³/mol. The molecule has 0 aromatic rings. The molecular formula is C8H16O2S. The lowest BCUT2D eigenvalue weighted by molar-refractivity contribution is 0.181. The highest BCUT2D eigenvalue weighted by Gasteiger charge is 2.08. The van der Waals surface area contributed by atoms with Crippen molar-refractivity contribution in [2.24, 2.45) is 0 Å². The topological polar surface area (TPSA) is 26.3 Å². The second-order valence-corrected chi connectivity index (χ2v) is 3.77. The van der Waals surface area contributed by atoms with Gasteiger partial charge in [-0.15, -0.1) is 0 Å². The number of rotatable bonds is 4. The Labute approximate surface area is 72.7 Å². The first-order valence-electron chi connectivity index (χ1n) is 4.04. The van der Waals surface area contributed by atoms with Crippen LogP contribution in [-0.4, -0.2) is 17.2 Å². The zero-order chi connectivity index (χ0) is 8.69. The van der Waals surface area contributed by atoms with Gasteiger partial charge in [0.2, 0.25) is 0 Å². The van der Waals surface area contributed by atoms with Gasteiger partial charge in [-0.3, -0.25) is 0 Å². The largest absolute Gasteiger partial charge is 0.458 e. The third kappa shape index (κ3) is 6.23. The van der Waals surface area contributed by atoms with E-state index in [1.165, 1.54) is 11.8 Å². The minimum absolute atomic E-state index is 0.145. The molecular weight excluding hydrogens is 160 g/mol. The number of carbonyl (C=O) groups excluding carboxylic acids is 1. The summed E-state index contributed by atoms with van der Waals surface area (Å²) in [5.41, 5.74) is 0. The monoisotopic (exact) mass is 176 g/mol. The van der Waals surface area contributed by atoms with Gasteiger partial charge in [0.25, 0.3) is 0 Å². The normalized spacial score (nSPS) is 12.6. The van der Waals surface area contributed by atoms with Crippen molar-refractivity contribution in [2.45, 2.75) is 38.9 Å². The van der Waals surface area contributed by atoms with E-state index in [1.807, 2.05) is 13.8 Å². The summed E-state index contributed by atoms with van der Waals surface area (Å²) in [5, 5.41) is 0.243. The molecule has 0 fully saturated rings. The molecule has 1 unspecified atom stereocenters. The van der Waals surface area contributed by atoms with Crippen LogP contribution in [0.4, 0.5) is 4.79 Å². The summed E-state index contributed by atoms with van der Waals surface area (Å²) >= 11 is 1.29. The average Bonchev–Trinajstić information content (AvgIpc) is 1.87. The van der Waals surface area contributed by atoms with Crippen molar-refractivity contribution in [1.82, 2.24) is 0 Å². The standard InChI is InChI=1S/C8H16O2S/c1-4-6-7(3)11-8(9)10-5-2/h7H,4-6H2,1-3H3. The molecule has 0 aliphatic rings. The molecule has 0 saturated heterocycles. The van der Waals surface area contributed by atoms with Crippen molar-refractivity contribution in [3.05, 3.63) is 0 Å². The molecule has 2 nitrogen and oxygen atoms in total. The Morgan fingerprint density at radius 2 is 2.18 bits per heavy atom. The summed E-state index contributed by atoms with van der Waals surface area (Å²) < 4.78 is 4.78. The lowest BCUT2D eigenvalue weighted by Crippen LogP contribution is -2.03. The second-order valence-electron chi connectivity index (χ2n) is 2.40. The smallest absolute Gasteiger partial charge is 0.367 e. The maximum Gasteiger partial charge on any atom is 0.367 e. The van der Waals surface area contributed by atoms with Crippen LogP contribution in [0.5, 0.6) is 0 Å². The molecule has 1 atom stereocenters. The zero-order valence-corrected chi connectivity index (χ0v) is 8.24. The maximum atomic E-state index is 10.9. The lowest BCUT2D eigenvalue weighted by atomic mass is 10.3. The third-order valence-electron chi connectivity index (χ3n) is 1.25.